The average Bonchev–Trinajstić information content (AvgIpc) is 3.21. The first kappa shape index (κ1) is 27.7. The van der Waals surface area contributed by atoms with Crippen molar-refractivity contribution in [2.75, 3.05) is 31.1 Å². The van der Waals surface area contributed by atoms with Gasteiger partial charge in [0.1, 0.15) is 0 Å². The highest BCUT2D eigenvalue weighted by Gasteiger charge is 2.27. The third-order valence-electron chi connectivity index (χ3n) is 6.53. The highest BCUT2D eigenvalue weighted by Crippen LogP contribution is 2.35. The molecule has 0 aliphatic carbocycles. The van der Waals surface area contributed by atoms with Crippen LogP contribution in [0.4, 0.5) is 5.69 Å². The fourth-order valence-electron chi connectivity index (χ4n) is 4.62. The van der Waals surface area contributed by atoms with Crippen molar-refractivity contribution in [3.05, 3.63) is 104 Å². The molecule has 4 nitrogen and oxygen atoms in total. The Balaban J connectivity index is 0.00000320. The Bertz CT molecular complexity index is 1410. The number of piperazine rings is 1. The number of carbonyl (C=O) groups is 1. The lowest BCUT2D eigenvalue weighted by atomic mass is 10.1. The van der Waals surface area contributed by atoms with Crippen LogP contribution in [0.5, 0.6) is 0 Å². The number of aromatic nitrogens is 1. The largest absolute Gasteiger partial charge is 0.368 e. The van der Waals surface area contributed by atoms with Gasteiger partial charge in [0.15, 0.2) is 0 Å². The van der Waals surface area contributed by atoms with E-state index in [1.165, 1.54) is 0 Å². The Labute approximate surface area is 242 Å². The Morgan fingerprint density at radius 3 is 1.89 bits per heavy atom. The summed E-state index contributed by atoms with van der Waals surface area (Å²) in [5.41, 5.74) is 5.11. The molecule has 37 heavy (non-hydrogen) atoms. The molecule has 1 aromatic heterocycles. The number of amides is 1. The lowest BCUT2D eigenvalue weighted by Gasteiger charge is -2.36. The highest BCUT2D eigenvalue weighted by molar-refractivity contribution is 6.35. The summed E-state index contributed by atoms with van der Waals surface area (Å²) in [6.07, 6.45) is 0. The van der Waals surface area contributed by atoms with Gasteiger partial charge >= 0.3 is 0 Å². The molecule has 0 radical (unpaired) electrons. The zero-order valence-electron chi connectivity index (χ0n) is 19.9. The molecule has 5 rings (SSSR count). The normalized spacial score (nSPS) is 13.4. The predicted octanol–water partition coefficient (Wildman–Crippen LogP) is 8.45. The molecule has 9 heteroatoms. The van der Waals surface area contributed by atoms with E-state index in [4.69, 9.17) is 46.4 Å². The molecular weight excluding hydrogens is 572 g/mol. The molecule has 4 aromatic rings. The van der Waals surface area contributed by atoms with Crippen LogP contribution in [0.3, 0.4) is 0 Å². The molecule has 1 saturated heterocycles. The smallest absolute Gasteiger partial charge is 0.255 e. The minimum Gasteiger partial charge on any atom is -0.368 e. The number of anilines is 1. The van der Waals surface area contributed by atoms with Crippen molar-refractivity contribution in [3.63, 3.8) is 0 Å². The minimum absolute atomic E-state index is 0. The van der Waals surface area contributed by atoms with E-state index < -0.39 is 0 Å². The Hall–Kier alpha value is -2.34. The molecule has 0 atom stereocenters. The van der Waals surface area contributed by atoms with Crippen LogP contribution in [0.2, 0.25) is 20.1 Å². The number of halogens is 5. The minimum atomic E-state index is 0. The number of rotatable bonds is 4. The number of carbonyl (C=O) groups excluding carboxylic acids is 1. The van der Waals surface area contributed by atoms with E-state index in [2.05, 4.69) is 4.90 Å². The molecule has 3 aromatic carbocycles. The summed E-state index contributed by atoms with van der Waals surface area (Å²) in [7, 11) is 0. The van der Waals surface area contributed by atoms with Crippen molar-refractivity contribution in [2.45, 2.75) is 6.92 Å². The number of hydrogen-bond donors (Lipinski definition) is 0. The first-order valence-electron chi connectivity index (χ1n) is 11.6. The van der Waals surface area contributed by atoms with Gasteiger partial charge in [-0.1, -0.05) is 58.5 Å². The molecule has 1 fully saturated rings. The second kappa shape index (κ2) is 11.6. The van der Waals surface area contributed by atoms with Gasteiger partial charge in [0.25, 0.3) is 5.91 Å². The fraction of sp³-hybridized carbons (Fsp3) is 0.179. The fourth-order valence-corrected chi connectivity index (χ4v) is 5.36. The summed E-state index contributed by atoms with van der Waals surface area (Å²) in [5.74, 6) is 0.00213. The van der Waals surface area contributed by atoms with E-state index in [0.29, 0.717) is 38.7 Å². The first-order valence-corrected chi connectivity index (χ1v) is 13.1. The molecule has 0 unspecified atom stereocenters. The summed E-state index contributed by atoms with van der Waals surface area (Å²) in [5, 5.41) is 2.42. The van der Waals surface area contributed by atoms with Gasteiger partial charge in [-0.2, -0.15) is 0 Å². The Kier molecular flexibility index (Phi) is 8.67. The number of nitrogens with zero attached hydrogens (tertiary/aromatic N) is 3. The SMILES string of the molecule is Cc1c(C(=O)N2CCN(c3ccc(Cl)cc3)CC2)cc(-c2ccc(Cl)cc2)n1-c1ccc(Cl)cc1Cl.Cl. The van der Waals surface area contributed by atoms with Crippen LogP contribution in [0.1, 0.15) is 16.1 Å². The van der Waals surface area contributed by atoms with E-state index >= 15 is 0 Å². The molecule has 0 saturated carbocycles. The topological polar surface area (TPSA) is 28.5 Å². The quantitative estimate of drug-likeness (QED) is 0.237. The zero-order valence-corrected chi connectivity index (χ0v) is 23.8. The number of hydrogen-bond acceptors (Lipinski definition) is 2. The van der Waals surface area contributed by atoms with E-state index in [9.17, 15) is 4.79 Å². The van der Waals surface area contributed by atoms with Crippen LogP contribution >= 0.6 is 58.8 Å². The van der Waals surface area contributed by atoms with Crippen molar-refractivity contribution in [1.29, 1.82) is 0 Å². The van der Waals surface area contributed by atoms with Crippen molar-refractivity contribution >= 4 is 70.4 Å². The van der Waals surface area contributed by atoms with Gasteiger partial charge < -0.3 is 14.4 Å². The van der Waals surface area contributed by atoms with Crippen LogP contribution in [0, 0.1) is 6.92 Å². The Morgan fingerprint density at radius 2 is 1.30 bits per heavy atom. The van der Waals surface area contributed by atoms with Crippen molar-refractivity contribution in [3.8, 4) is 16.9 Å². The van der Waals surface area contributed by atoms with Crippen LogP contribution in [-0.2, 0) is 0 Å². The summed E-state index contributed by atoms with van der Waals surface area (Å²) in [4.78, 5) is 17.9. The van der Waals surface area contributed by atoms with Crippen molar-refractivity contribution in [2.24, 2.45) is 0 Å². The van der Waals surface area contributed by atoms with E-state index in [-0.39, 0.29) is 18.3 Å². The summed E-state index contributed by atoms with van der Waals surface area (Å²) in [6.45, 7) is 4.70. The maximum Gasteiger partial charge on any atom is 0.255 e. The molecule has 192 valence electrons. The monoisotopic (exact) mass is 593 g/mol. The zero-order chi connectivity index (χ0) is 25.4. The third-order valence-corrected chi connectivity index (χ3v) is 7.57. The first-order chi connectivity index (χ1) is 17.3. The van der Waals surface area contributed by atoms with Gasteiger partial charge in [0.05, 0.1) is 22.0 Å². The molecule has 0 bridgehead atoms. The standard InChI is InChI=1S/C28H23Cl4N3O.ClH/c1-18-24(28(36)34-14-12-33(13-15-34)23-9-6-21(30)7-10-23)17-27(19-2-4-20(29)5-3-19)35(18)26-11-8-22(31)16-25(26)32;/h2-11,16-17H,12-15H2,1H3;1H. The predicted molar refractivity (Wildman–Crippen MR) is 158 cm³/mol. The molecular formula is C28H24Cl5N3O. The molecule has 0 spiro atoms. The van der Waals surface area contributed by atoms with Gasteiger partial charge in [-0.05, 0) is 73.2 Å². The molecule has 1 aliphatic heterocycles. The maximum absolute atomic E-state index is 13.7. The second-order valence-electron chi connectivity index (χ2n) is 8.72. The maximum atomic E-state index is 13.7. The number of benzene rings is 3. The second-order valence-corrected chi connectivity index (χ2v) is 10.4. The van der Waals surface area contributed by atoms with Crippen molar-refractivity contribution in [1.82, 2.24) is 9.47 Å². The van der Waals surface area contributed by atoms with Crippen LogP contribution < -0.4 is 4.90 Å². The molecule has 2 heterocycles. The van der Waals surface area contributed by atoms with E-state index in [1.807, 2.05) is 77.1 Å². The lowest BCUT2D eigenvalue weighted by Crippen LogP contribution is -2.48. The summed E-state index contributed by atoms with van der Waals surface area (Å²) < 4.78 is 2.01. The third kappa shape index (κ3) is 5.74. The highest BCUT2D eigenvalue weighted by atomic mass is 35.5. The van der Waals surface area contributed by atoms with E-state index in [1.54, 1.807) is 12.1 Å². The lowest BCUT2D eigenvalue weighted by molar-refractivity contribution is 0.0746. The van der Waals surface area contributed by atoms with Crippen molar-refractivity contribution < 1.29 is 4.79 Å². The van der Waals surface area contributed by atoms with Crippen LogP contribution in [0.15, 0.2) is 72.8 Å². The van der Waals surface area contributed by atoms with Crippen LogP contribution in [-0.4, -0.2) is 41.6 Å². The average molecular weight is 596 g/mol. The van der Waals surface area contributed by atoms with Gasteiger partial charge in [-0.15, -0.1) is 12.4 Å². The summed E-state index contributed by atoms with van der Waals surface area (Å²) >= 11 is 24.9. The van der Waals surface area contributed by atoms with Crippen LogP contribution in [0.25, 0.3) is 16.9 Å². The molecule has 1 aliphatic rings. The van der Waals surface area contributed by atoms with Gasteiger partial charge in [0, 0.05) is 52.6 Å². The van der Waals surface area contributed by atoms with E-state index in [0.717, 1.165) is 41.4 Å². The van der Waals surface area contributed by atoms with Gasteiger partial charge in [-0.3, -0.25) is 4.79 Å². The molecule has 0 N–H and O–H groups in total. The van der Waals surface area contributed by atoms with Gasteiger partial charge in [-0.25, -0.2) is 0 Å². The Morgan fingerprint density at radius 1 is 0.730 bits per heavy atom. The summed E-state index contributed by atoms with van der Waals surface area (Å²) in [6, 6.07) is 22.7. The molecule has 1 amide bonds. The van der Waals surface area contributed by atoms with Gasteiger partial charge in [0.2, 0.25) is 0 Å².